The molecule has 3 aromatic rings. The zero-order valence-corrected chi connectivity index (χ0v) is 15.7. The smallest absolute Gasteiger partial charge is 0.141 e. The number of hydrogen-bond donors (Lipinski definition) is 1. The van der Waals surface area contributed by atoms with E-state index in [0.29, 0.717) is 15.6 Å². The lowest BCUT2D eigenvalue weighted by Gasteiger charge is -2.36. The highest BCUT2D eigenvalue weighted by atomic mass is 35.5. The third-order valence-electron chi connectivity index (χ3n) is 4.79. The van der Waals surface area contributed by atoms with Crippen molar-refractivity contribution in [1.82, 2.24) is 9.88 Å². The molecule has 0 spiro atoms. The van der Waals surface area contributed by atoms with Crippen LogP contribution in [0, 0.1) is 0 Å². The monoisotopic (exact) mass is 387 g/mol. The van der Waals surface area contributed by atoms with E-state index in [1.807, 2.05) is 42.5 Å². The van der Waals surface area contributed by atoms with Gasteiger partial charge in [0.15, 0.2) is 0 Å². The molecule has 0 unspecified atom stereocenters. The van der Waals surface area contributed by atoms with Gasteiger partial charge in [-0.15, -0.1) is 0 Å². The van der Waals surface area contributed by atoms with Crippen LogP contribution in [0.3, 0.4) is 0 Å². The molecule has 1 aliphatic rings. The van der Waals surface area contributed by atoms with E-state index in [9.17, 15) is 5.11 Å². The van der Waals surface area contributed by atoms with Gasteiger partial charge in [-0.25, -0.2) is 4.98 Å². The van der Waals surface area contributed by atoms with E-state index in [1.54, 1.807) is 6.07 Å². The highest BCUT2D eigenvalue weighted by Gasteiger charge is 2.20. The van der Waals surface area contributed by atoms with Crippen LogP contribution in [0.2, 0.25) is 10.0 Å². The van der Waals surface area contributed by atoms with Gasteiger partial charge < -0.3 is 10.0 Å². The first-order valence-corrected chi connectivity index (χ1v) is 9.36. The number of hydrogen-bond acceptors (Lipinski definition) is 4. The molecule has 4 nitrogen and oxygen atoms in total. The summed E-state index contributed by atoms with van der Waals surface area (Å²) in [7, 11) is 0. The van der Waals surface area contributed by atoms with Gasteiger partial charge in [0.25, 0.3) is 0 Å². The van der Waals surface area contributed by atoms with Crippen LogP contribution in [0.1, 0.15) is 5.69 Å². The molecule has 1 fully saturated rings. The molecule has 1 aliphatic heterocycles. The summed E-state index contributed by atoms with van der Waals surface area (Å²) in [6.07, 6.45) is 0. The molecule has 0 aliphatic carbocycles. The second kappa shape index (κ2) is 7.31. The fourth-order valence-corrected chi connectivity index (χ4v) is 3.79. The number of halogens is 2. The van der Waals surface area contributed by atoms with Crippen molar-refractivity contribution >= 4 is 39.8 Å². The van der Waals surface area contributed by atoms with E-state index in [-0.39, 0.29) is 5.75 Å². The Balaban J connectivity index is 1.44. The second-order valence-electron chi connectivity index (χ2n) is 6.49. The Morgan fingerprint density at radius 2 is 1.69 bits per heavy atom. The van der Waals surface area contributed by atoms with Crippen molar-refractivity contribution in [1.29, 1.82) is 0 Å². The lowest BCUT2D eigenvalue weighted by molar-refractivity contribution is 0.247. The van der Waals surface area contributed by atoms with E-state index in [4.69, 9.17) is 23.2 Å². The summed E-state index contributed by atoms with van der Waals surface area (Å²) in [5.41, 5.74) is 2.62. The first-order chi connectivity index (χ1) is 12.6. The van der Waals surface area contributed by atoms with Crippen LogP contribution in [0.5, 0.6) is 5.75 Å². The average molecular weight is 388 g/mol. The molecule has 0 radical (unpaired) electrons. The minimum absolute atomic E-state index is 0.227. The lowest BCUT2D eigenvalue weighted by Crippen LogP contribution is -2.46. The average Bonchev–Trinajstić information content (AvgIpc) is 2.66. The minimum Gasteiger partial charge on any atom is -0.506 e. The van der Waals surface area contributed by atoms with Crippen LogP contribution in [0.4, 0.5) is 5.69 Å². The number of benzene rings is 2. The summed E-state index contributed by atoms with van der Waals surface area (Å²) >= 11 is 12.5. The summed E-state index contributed by atoms with van der Waals surface area (Å²) < 4.78 is 0. The van der Waals surface area contributed by atoms with Gasteiger partial charge in [-0.1, -0.05) is 47.5 Å². The minimum atomic E-state index is 0.227. The van der Waals surface area contributed by atoms with Crippen molar-refractivity contribution in [3.05, 3.63) is 64.3 Å². The summed E-state index contributed by atoms with van der Waals surface area (Å²) in [5.74, 6) is 0.227. The van der Waals surface area contributed by atoms with Crippen LogP contribution < -0.4 is 4.90 Å². The third-order valence-corrected chi connectivity index (χ3v) is 5.60. The molecule has 1 aromatic heterocycles. The first-order valence-electron chi connectivity index (χ1n) is 8.61. The Labute approximate surface area is 162 Å². The van der Waals surface area contributed by atoms with Crippen LogP contribution in [0.15, 0.2) is 48.5 Å². The van der Waals surface area contributed by atoms with Gasteiger partial charge in [0.05, 0.1) is 21.4 Å². The summed E-state index contributed by atoms with van der Waals surface area (Å²) in [6.45, 7) is 4.38. The molecular formula is C20H19Cl2N3O. The number of aromatic nitrogens is 1. The normalized spacial score (nSPS) is 15.5. The quantitative estimate of drug-likeness (QED) is 0.714. The van der Waals surface area contributed by atoms with Crippen molar-refractivity contribution in [3.8, 4) is 5.75 Å². The van der Waals surface area contributed by atoms with Crippen molar-refractivity contribution in [2.75, 3.05) is 31.1 Å². The van der Waals surface area contributed by atoms with Crippen molar-refractivity contribution in [2.45, 2.75) is 6.54 Å². The van der Waals surface area contributed by atoms with Gasteiger partial charge in [-0.3, -0.25) is 4.90 Å². The number of fused-ring (bicyclic) bond motifs is 1. The maximum atomic E-state index is 10.0. The van der Waals surface area contributed by atoms with Crippen molar-refractivity contribution in [3.63, 3.8) is 0 Å². The topological polar surface area (TPSA) is 39.6 Å². The van der Waals surface area contributed by atoms with Crippen LogP contribution in [0.25, 0.3) is 10.9 Å². The number of pyridine rings is 1. The summed E-state index contributed by atoms with van der Waals surface area (Å²) in [5, 5.41) is 12.2. The molecule has 0 bridgehead atoms. The molecule has 6 heteroatoms. The van der Waals surface area contributed by atoms with Gasteiger partial charge >= 0.3 is 0 Å². The summed E-state index contributed by atoms with van der Waals surface area (Å²) in [6, 6.07) is 15.3. The third kappa shape index (κ3) is 3.45. The first kappa shape index (κ1) is 17.4. The SMILES string of the molecule is Oc1cccc2ccc(CN3CCN(c4cccc(Cl)c4Cl)CC3)nc12. The van der Waals surface area contributed by atoms with E-state index in [0.717, 1.165) is 49.5 Å². The highest BCUT2D eigenvalue weighted by Crippen LogP contribution is 2.33. The Kier molecular flexibility index (Phi) is 4.90. The van der Waals surface area contributed by atoms with Crippen molar-refractivity contribution < 1.29 is 5.11 Å². The zero-order valence-electron chi connectivity index (χ0n) is 14.2. The Morgan fingerprint density at radius 3 is 2.50 bits per heavy atom. The van der Waals surface area contributed by atoms with Gasteiger partial charge in [0, 0.05) is 38.1 Å². The van der Waals surface area contributed by atoms with E-state index < -0.39 is 0 Å². The van der Waals surface area contributed by atoms with Gasteiger partial charge in [0.1, 0.15) is 11.3 Å². The lowest BCUT2D eigenvalue weighted by atomic mass is 10.2. The predicted octanol–water partition coefficient (Wildman–Crippen LogP) is 4.57. The maximum absolute atomic E-state index is 10.0. The predicted molar refractivity (Wildman–Crippen MR) is 107 cm³/mol. The molecule has 1 N–H and O–H groups in total. The number of piperazine rings is 1. The molecule has 4 rings (SSSR count). The Bertz CT molecular complexity index is 939. The highest BCUT2D eigenvalue weighted by molar-refractivity contribution is 6.43. The number of aromatic hydroxyl groups is 1. The second-order valence-corrected chi connectivity index (χ2v) is 7.27. The van der Waals surface area contributed by atoms with E-state index in [2.05, 4.69) is 14.8 Å². The molecule has 2 heterocycles. The fourth-order valence-electron chi connectivity index (χ4n) is 3.37. The van der Waals surface area contributed by atoms with Gasteiger partial charge in [-0.2, -0.15) is 0 Å². The van der Waals surface area contributed by atoms with Gasteiger partial charge in [-0.05, 0) is 24.3 Å². The standard InChI is InChI=1S/C20H19Cl2N3O/c21-16-4-2-5-17(19(16)22)25-11-9-24(10-12-25)13-15-8-7-14-3-1-6-18(26)20(14)23-15/h1-8,26H,9-13H2. The fraction of sp³-hybridized carbons (Fsp3) is 0.250. The van der Waals surface area contributed by atoms with E-state index in [1.165, 1.54) is 0 Å². The maximum Gasteiger partial charge on any atom is 0.141 e. The molecule has 1 saturated heterocycles. The molecule has 26 heavy (non-hydrogen) atoms. The molecule has 0 saturated carbocycles. The number of phenolic OH excluding ortho intramolecular Hbond substituents is 1. The van der Waals surface area contributed by atoms with E-state index >= 15 is 0 Å². The molecule has 134 valence electrons. The number of para-hydroxylation sites is 1. The molecule has 0 amide bonds. The van der Waals surface area contributed by atoms with Crippen molar-refractivity contribution in [2.24, 2.45) is 0 Å². The number of rotatable bonds is 3. The molecule has 2 aromatic carbocycles. The molecular weight excluding hydrogens is 369 g/mol. The van der Waals surface area contributed by atoms with Crippen LogP contribution in [-0.4, -0.2) is 41.2 Å². The van der Waals surface area contributed by atoms with Gasteiger partial charge in [0.2, 0.25) is 0 Å². The molecule has 0 atom stereocenters. The van der Waals surface area contributed by atoms with Crippen LogP contribution >= 0.6 is 23.2 Å². The zero-order chi connectivity index (χ0) is 18.1. The Morgan fingerprint density at radius 1 is 0.923 bits per heavy atom. The summed E-state index contributed by atoms with van der Waals surface area (Å²) in [4.78, 5) is 9.26. The number of nitrogens with zero attached hydrogens (tertiary/aromatic N) is 3. The number of anilines is 1. The van der Waals surface area contributed by atoms with Crippen LogP contribution in [-0.2, 0) is 6.54 Å². The largest absolute Gasteiger partial charge is 0.506 e. The Hall–Kier alpha value is -2.01. The number of phenols is 1.